The van der Waals surface area contributed by atoms with Gasteiger partial charge in [0.2, 0.25) is 0 Å². The van der Waals surface area contributed by atoms with Crippen molar-refractivity contribution in [1.29, 1.82) is 0 Å². The summed E-state index contributed by atoms with van der Waals surface area (Å²) in [7, 11) is 0. The molecule has 0 aliphatic carbocycles. The molecule has 6 rings (SSSR count). The lowest BCUT2D eigenvalue weighted by atomic mass is 9.92. The second kappa shape index (κ2) is 10.6. The van der Waals surface area contributed by atoms with E-state index in [1.807, 2.05) is 23.1 Å². The monoisotopic (exact) mass is 526 g/mol. The number of carboxylic acid groups (broad SMARTS) is 1. The van der Waals surface area contributed by atoms with E-state index in [0.29, 0.717) is 25.0 Å². The van der Waals surface area contributed by atoms with E-state index in [0.717, 1.165) is 53.9 Å². The van der Waals surface area contributed by atoms with Gasteiger partial charge in [-0.2, -0.15) is 13.2 Å². The first-order chi connectivity index (χ1) is 18.2. The number of hydrogen-bond donors (Lipinski definition) is 2. The van der Waals surface area contributed by atoms with Gasteiger partial charge in [0.05, 0.1) is 11.1 Å². The maximum absolute atomic E-state index is 13.4. The third-order valence-corrected chi connectivity index (χ3v) is 7.52. The molecule has 4 heterocycles. The summed E-state index contributed by atoms with van der Waals surface area (Å²) in [6.07, 6.45) is -1.89. The number of nitrogens with one attached hydrogen (secondary N) is 1. The highest BCUT2D eigenvalue weighted by molar-refractivity contribution is 6.03. The fourth-order valence-electron chi connectivity index (χ4n) is 5.61. The first-order valence-electron chi connectivity index (χ1n) is 12.7. The molecule has 2 fully saturated rings. The standard InChI is InChI=1S/C26H28N4O.C2HF3O2/c31-26-25-20(5-3-7-24(25)29-15-12-22-19(16-29)10-13-27-22)17-30(26)14-11-21-9-8-18-4-1-2-6-23(18)28-21;3-2(4,5)1(6)7/h1-9,19,22,27H,10-17H2;(H,6,7)/t19-,22+;/m1./s1. The van der Waals surface area contributed by atoms with Crippen molar-refractivity contribution in [3.05, 3.63) is 71.4 Å². The lowest BCUT2D eigenvalue weighted by molar-refractivity contribution is -0.192. The number of nitrogens with zero attached hydrogens (tertiary/aromatic N) is 3. The minimum absolute atomic E-state index is 0.179. The topological polar surface area (TPSA) is 85.8 Å². The molecule has 3 aliphatic rings. The van der Waals surface area contributed by atoms with Crippen LogP contribution in [0.15, 0.2) is 54.6 Å². The maximum atomic E-state index is 13.4. The zero-order chi connectivity index (χ0) is 26.9. The number of anilines is 1. The number of fused-ring (bicyclic) bond motifs is 3. The zero-order valence-electron chi connectivity index (χ0n) is 20.7. The Morgan fingerprint density at radius 2 is 1.87 bits per heavy atom. The number of para-hydroxylation sites is 1. The van der Waals surface area contributed by atoms with E-state index in [-0.39, 0.29) is 5.91 Å². The molecule has 1 amide bonds. The van der Waals surface area contributed by atoms with Crippen molar-refractivity contribution in [3.63, 3.8) is 0 Å². The number of benzene rings is 2. The van der Waals surface area contributed by atoms with E-state index >= 15 is 0 Å². The molecular weight excluding hydrogens is 497 g/mol. The van der Waals surface area contributed by atoms with Gasteiger partial charge in [-0.15, -0.1) is 0 Å². The summed E-state index contributed by atoms with van der Waals surface area (Å²) in [4.78, 5) is 31.5. The number of alkyl halides is 3. The highest BCUT2D eigenvalue weighted by atomic mass is 19.4. The Morgan fingerprint density at radius 1 is 1.08 bits per heavy atom. The molecular formula is C28H29F3N4O3. The summed E-state index contributed by atoms with van der Waals surface area (Å²) < 4.78 is 31.7. The van der Waals surface area contributed by atoms with Crippen molar-refractivity contribution < 1.29 is 27.9 Å². The van der Waals surface area contributed by atoms with Crippen molar-refractivity contribution in [2.45, 2.75) is 38.0 Å². The Morgan fingerprint density at radius 3 is 2.66 bits per heavy atom. The molecule has 2 saturated heterocycles. The third kappa shape index (κ3) is 5.45. The van der Waals surface area contributed by atoms with Gasteiger partial charge in [0, 0.05) is 55.4 Å². The predicted molar refractivity (Wildman–Crippen MR) is 137 cm³/mol. The van der Waals surface area contributed by atoms with Crippen LogP contribution in [-0.2, 0) is 17.8 Å². The molecule has 7 nitrogen and oxygen atoms in total. The van der Waals surface area contributed by atoms with E-state index in [1.54, 1.807) is 0 Å². The molecule has 10 heteroatoms. The number of rotatable bonds is 4. The van der Waals surface area contributed by atoms with Crippen LogP contribution in [0.3, 0.4) is 0 Å². The molecule has 1 aromatic heterocycles. The van der Waals surface area contributed by atoms with Gasteiger partial charge in [-0.05, 0) is 49.1 Å². The second-order valence-electron chi connectivity index (χ2n) is 9.93. The first-order valence-corrected chi connectivity index (χ1v) is 12.7. The number of carbonyl (C=O) groups is 2. The van der Waals surface area contributed by atoms with Gasteiger partial charge < -0.3 is 20.2 Å². The van der Waals surface area contributed by atoms with Gasteiger partial charge in [0.25, 0.3) is 5.91 Å². The fourth-order valence-corrected chi connectivity index (χ4v) is 5.61. The van der Waals surface area contributed by atoms with E-state index in [9.17, 15) is 18.0 Å². The number of piperidine rings is 1. The van der Waals surface area contributed by atoms with Gasteiger partial charge in [0.1, 0.15) is 0 Å². The molecule has 2 aromatic carbocycles. The van der Waals surface area contributed by atoms with Crippen molar-refractivity contribution >= 4 is 28.5 Å². The number of aromatic nitrogens is 1. The predicted octanol–water partition coefficient (Wildman–Crippen LogP) is 4.25. The molecule has 38 heavy (non-hydrogen) atoms. The van der Waals surface area contributed by atoms with Gasteiger partial charge in [-0.25, -0.2) is 4.79 Å². The van der Waals surface area contributed by atoms with Crippen molar-refractivity contribution in [1.82, 2.24) is 15.2 Å². The largest absolute Gasteiger partial charge is 0.490 e. The minimum Gasteiger partial charge on any atom is -0.475 e. The lowest BCUT2D eigenvalue weighted by Gasteiger charge is -2.37. The molecule has 200 valence electrons. The SMILES string of the molecule is O=C(O)C(F)(F)F.O=C1c2c(cccc2N2CC[C@@H]3NCC[C@@H]3C2)CN1CCc1ccc2ccccc2n1. The Kier molecular flexibility index (Phi) is 7.25. The van der Waals surface area contributed by atoms with Gasteiger partial charge in [-0.3, -0.25) is 9.78 Å². The summed E-state index contributed by atoms with van der Waals surface area (Å²) in [6, 6.07) is 19.4. The van der Waals surface area contributed by atoms with Crippen LogP contribution in [-0.4, -0.2) is 65.3 Å². The van der Waals surface area contributed by atoms with E-state index in [2.05, 4.69) is 46.6 Å². The number of carboxylic acids is 1. The van der Waals surface area contributed by atoms with Gasteiger partial charge >= 0.3 is 12.1 Å². The Balaban J connectivity index is 0.000000374. The molecule has 3 aromatic rings. The second-order valence-corrected chi connectivity index (χ2v) is 9.93. The number of carbonyl (C=O) groups excluding carboxylic acids is 1. The lowest BCUT2D eigenvalue weighted by Crippen LogP contribution is -2.45. The van der Waals surface area contributed by atoms with Gasteiger partial charge in [-0.1, -0.05) is 36.4 Å². The maximum Gasteiger partial charge on any atom is 0.490 e. The molecule has 0 spiro atoms. The normalized spacial score (nSPS) is 20.7. The summed E-state index contributed by atoms with van der Waals surface area (Å²) in [5.41, 5.74) is 5.29. The number of halogens is 3. The zero-order valence-corrected chi connectivity index (χ0v) is 20.7. The average molecular weight is 527 g/mol. The van der Waals surface area contributed by atoms with Crippen molar-refractivity contribution in [2.75, 3.05) is 31.1 Å². The van der Waals surface area contributed by atoms with Crippen molar-refractivity contribution in [2.24, 2.45) is 5.92 Å². The Bertz CT molecular complexity index is 1350. The number of aliphatic carboxylic acids is 1. The van der Waals surface area contributed by atoms with Crippen LogP contribution >= 0.6 is 0 Å². The molecule has 0 unspecified atom stereocenters. The minimum atomic E-state index is -5.08. The fraction of sp³-hybridized carbons (Fsp3) is 0.393. The Hall–Kier alpha value is -3.66. The first kappa shape index (κ1) is 26.0. The molecule has 0 bridgehead atoms. The Labute approximate surface area is 218 Å². The number of hydrogen-bond acceptors (Lipinski definition) is 5. The number of pyridine rings is 1. The van der Waals surface area contributed by atoms with Crippen molar-refractivity contribution in [3.8, 4) is 0 Å². The summed E-state index contributed by atoms with van der Waals surface area (Å²) in [5, 5.41) is 11.9. The van der Waals surface area contributed by atoms with E-state index < -0.39 is 12.1 Å². The van der Waals surface area contributed by atoms with Crippen LogP contribution in [0.5, 0.6) is 0 Å². The molecule has 3 aliphatic heterocycles. The van der Waals surface area contributed by atoms with E-state index in [1.165, 1.54) is 18.4 Å². The van der Waals surface area contributed by atoms with Crippen LogP contribution in [0.25, 0.3) is 10.9 Å². The smallest absolute Gasteiger partial charge is 0.475 e. The van der Waals surface area contributed by atoms with Crippen LogP contribution in [0.1, 0.15) is 34.5 Å². The van der Waals surface area contributed by atoms with Gasteiger partial charge in [0.15, 0.2) is 0 Å². The summed E-state index contributed by atoms with van der Waals surface area (Å²) >= 11 is 0. The third-order valence-electron chi connectivity index (χ3n) is 7.52. The summed E-state index contributed by atoms with van der Waals surface area (Å²) in [5.74, 6) is -1.87. The molecule has 2 atom stereocenters. The molecule has 0 saturated carbocycles. The van der Waals surface area contributed by atoms with E-state index in [4.69, 9.17) is 14.9 Å². The quantitative estimate of drug-likeness (QED) is 0.529. The van der Waals surface area contributed by atoms with Crippen LogP contribution in [0.2, 0.25) is 0 Å². The van der Waals surface area contributed by atoms with Crippen LogP contribution in [0, 0.1) is 5.92 Å². The summed E-state index contributed by atoms with van der Waals surface area (Å²) in [6.45, 7) is 4.62. The van der Waals surface area contributed by atoms with Crippen LogP contribution < -0.4 is 10.2 Å². The average Bonchev–Trinajstić information content (AvgIpc) is 3.51. The highest BCUT2D eigenvalue weighted by Crippen LogP contribution is 2.35. The highest BCUT2D eigenvalue weighted by Gasteiger charge is 2.38. The number of amides is 1. The van der Waals surface area contributed by atoms with Crippen LogP contribution in [0.4, 0.5) is 18.9 Å². The molecule has 0 radical (unpaired) electrons. The molecule has 2 N–H and O–H groups in total.